The van der Waals surface area contributed by atoms with Gasteiger partial charge in [-0.05, 0) is 25.0 Å². The fraction of sp³-hybridized carbons (Fsp3) is 0.250. The Kier molecular flexibility index (Phi) is 2.81. The molecule has 0 aliphatic carbocycles. The van der Waals surface area contributed by atoms with Crippen LogP contribution in [0.5, 0.6) is 0 Å². The Morgan fingerprint density at radius 1 is 1.31 bits per heavy atom. The van der Waals surface area contributed by atoms with Crippen molar-refractivity contribution in [2.24, 2.45) is 0 Å². The van der Waals surface area contributed by atoms with Crippen LogP contribution in [0.2, 0.25) is 0 Å². The molecule has 0 saturated heterocycles. The second kappa shape index (κ2) is 4.26. The van der Waals surface area contributed by atoms with Gasteiger partial charge in [-0.1, -0.05) is 13.0 Å². The van der Waals surface area contributed by atoms with Crippen molar-refractivity contribution in [2.75, 3.05) is 5.73 Å². The zero-order valence-electron chi connectivity index (χ0n) is 9.44. The van der Waals surface area contributed by atoms with Gasteiger partial charge < -0.3 is 5.73 Å². The fourth-order valence-corrected chi connectivity index (χ4v) is 1.62. The quantitative estimate of drug-likeness (QED) is 0.830. The summed E-state index contributed by atoms with van der Waals surface area (Å²) in [5.74, 6) is 1.09. The molecule has 82 valence electrons. The average Bonchev–Trinajstić information content (AvgIpc) is 2.27. The molecule has 2 heterocycles. The van der Waals surface area contributed by atoms with Gasteiger partial charge in [0.05, 0.1) is 0 Å². The summed E-state index contributed by atoms with van der Waals surface area (Å²) in [7, 11) is 0. The number of hydrogen-bond donors (Lipinski definition) is 1. The molecule has 0 spiro atoms. The molecular formula is C12H14N4. The molecule has 0 bridgehead atoms. The van der Waals surface area contributed by atoms with Crippen LogP contribution < -0.4 is 5.73 Å². The Morgan fingerprint density at radius 2 is 2.12 bits per heavy atom. The van der Waals surface area contributed by atoms with Crippen LogP contribution in [0, 0.1) is 6.92 Å². The van der Waals surface area contributed by atoms with E-state index >= 15 is 0 Å². The minimum absolute atomic E-state index is 0.482. The van der Waals surface area contributed by atoms with E-state index in [9.17, 15) is 0 Å². The Hall–Kier alpha value is -1.97. The van der Waals surface area contributed by atoms with Crippen LogP contribution in [-0.2, 0) is 6.42 Å². The normalized spacial score (nSPS) is 10.4. The predicted octanol–water partition coefficient (Wildman–Crippen LogP) is 1.99. The molecule has 2 aromatic rings. The summed E-state index contributed by atoms with van der Waals surface area (Å²) in [6.45, 7) is 3.98. The number of aryl methyl sites for hydroxylation is 2. The van der Waals surface area contributed by atoms with Gasteiger partial charge in [0, 0.05) is 18.0 Å². The topological polar surface area (TPSA) is 64.7 Å². The Balaban J connectivity index is 2.58. The highest BCUT2D eigenvalue weighted by Crippen LogP contribution is 2.18. The van der Waals surface area contributed by atoms with E-state index in [1.807, 2.05) is 19.1 Å². The summed E-state index contributed by atoms with van der Waals surface area (Å²) < 4.78 is 0. The van der Waals surface area contributed by atoms with E-state index in [4.69, 9.17) is 5.73 Å². The first kappa shape index (κ1) is 10.5. The molecule has 0 aromatic carbocycles. The lowest BCUT2D eigenvalue weighted by Gasteiger charge is -2.06. The lowest BCUT2D eigenvalue weighted by atomic mass is 10.1. The lowest BCUT2D eigenvalue weighted by Crippen LogP contribution is -2.01. The Morgan fingerprint density at radius 3 is 2.81 bits per heavy atom. The molecule has 0 radical (unpaired) electrons. The van der Waals surface area contributed by atoms with Gasteiger partial charge in [-0.25, -0.2) is 9.97 Å². The first-order valence-electron chi connectivity index (χ1n) is 5.26. The molecule has 4 heteroatoms. The second-order valence-electron chi connectivity index (χ2n) is 3.62. The van der Waals surface area contributed by atoms with Crippen molar-refractivity contribution in [1.82, 2.24) is 15.0 Å². The van der Waals surface area contributed by atoms with Gasteiger partial charge in [-0.3, -0.25) is 4.98 Å². The molecule has 0 aliphatic heterocycles. The molecule has 2 rings (SSSR count). The molecule has 16 heavy (non-hydrogen) atoms. The molecule has 0 saturated carbocycles. The zero-order chi connectivity index (χ0) is 11.5. The minimum Gasteiger partial charge on any atom is -0.384 e. The number of rotatable bonds is 2. The molecule has 4 nitrogen and oxygen atoms in total. The van der Waals surface area contributed by atoms with E-state index in [-0.39, 0.29) is 0 Å². The Labute approximate surface area is 94.6 Å². The van der Waals surface area contributed by atoms with Crippen LogP contribution >= 0.6 is 0 Å². The van der Waals surface area contributed by atoms with Crippen molar-refractivity contribution in [2.45, 2.75) is 20.3 Å². The van der Waals surface area contributed by atoms with Crippen LogP contribution in [0.25, 0.3) is 11.5 Å². The maximum absolute atomic E-state index is 5.71. The van der Waals surface area contributed by atoms with E-state index in [1.54, 1.807) is 12.3 Å². The third-order valence-electron chi connectivity index (χ3n) is 2.36. The van der Waals surface area contributed by atoms with E-state index in [0.717, 1.165) is 23.4 Å². The number of nitrogen functional groups attached to an aromatic ring is 1. The monoisotopic (exact) mass is 214 g/mol. The number of nitrogens with zero attached hydrogens (tertiary/aromatic N) is 3. The van der Waals surface area contributed by atoms with E-state index in [1.165, 1.54) is 0 Å². The second-order valence-corrected chi connectivity index (χ2v) is 3.62. The van der Waals surface area contributed by atoms with Crippen LogP contribution in [0.3, 0.4) is 0 Å². The molecule has 0 amide bonds. The lowest BCUT2D eigenvalue weighted by molar-refractivity contribution is 1.05. The predicted molar refractivity (Wildman–Crippen MR) is 63.8 cm³/mol. The van der Waals surface area contributed by atoms with Crippen molar-refractivity contribution in [3.63, 3.8) is 0 Å². The summed E-state index contributed by atoms with van der Waals surface area (Å²) in [5, 5.41) is 0. The van der Waals surface area contributed by atoms with Gasteiger partial charge in [0.1, 0.15) is 11.5 Å². The molecule has 0 unspecified atom stereocenters. The Bertz CT molecular complexity index is 488. The summed E-state index contributed by atoms with van der Waals surface area (Å²) in [5.41, 5.74) is 8.52. The van der Waals surface area contributed by atoms with Gasteiger partial charge in [-0.2, -0.15) is 0 Å². The standard InChI is InChI=1S/C12H14N4/c1-3-9-5-4-6-14-11(9)12-15-8(2)7-10(13)16-12/h4-7H,3H2,1-2H3,(H2,13,15,16). The number of nitrogens with two attached hydrogens (primary N) is 1. The van der Waals surface area contributed by atoms with Crippen molar-refractivity contribution in [1.29, 1.82) is 0 Å². The summed E-state index contributed by atoms with van der Waals surface area (Å²) in [4.78, 5) is 12.9. The molecular weight excluding hydrogens is 200 g/mol. The fourth-order valence-electron chi connectivity index (χ4n) is 1.62. The molecule has 0 atom stereocenters. The molecule has 2 N–H and O–H groups in total. The van der Waals surface area contributed by atoms with E-state index in [0.29, 0.717) is 11.6 Å². The average molecular weight is 214 g/mol. The first-order chi connectivity index (χ1) is 7.70. The molecule has 0 aliphatic rings. The summed E-state index contributed by atoms with van der Waals surface area (Å²) in [6, 6.07) is 5.70. The van der Waals surface area contributed by atoms with Crippen molar-refractivity contribution >= 4 is 5.82 Å². The number of hydrogen-bond acceptors (Lipinski definition) is 4. The first-order valence-corrected chi connectivity index (χ1v) is 5.26. The highest BCUT2D eigenvalue weighted by molar-refractivity contribution is 5.56. The van der Waals surface area contributed by atoms with E-state index in [2.05, 4.69) is 21.9 Å². The number of pyridine rings is 1. The third kappa shape index (κ3) is 2.00. The zero-order valence-corrected chi connectivity index (χ0v) is 9.44. The van der Waals surface area contributed by atoms with Crippen LogP contribution in [0.15, 0.2) is 24.4 Å². The number of aromatic nitrogens is 3. The van der Waals surface area contributed by atoms with Gasteiger partial charge in [0.2, 0.25) is 0 Å². The maximum atomic E-state index is 5.71. The minimum atomic E-state index is 0.482. The van der Waals surface area contributed by atoms with E-state index < -0.39 is 0 Å². The number of anilines is 1. The smallest absolute Gasteiger partial charge is 0.180 e. The van der Waals surface area contributed by atoms with Gasteiger partial charge in [0.15, 0.2) is 5.82 Å². The highest BCUT2D eigenvalue weighted by atomic mass is 15.0. The maximum Gasteiger partial charge on any atom is 0.180 e. The van der Waals surface area contributed by atoms with Crippen LogP contribution in [0.1, 0.15) is 18.2 Å². The largest absolute Gasteiger partial charge is 0.384 e. The van der Waals surface area contributed by atoms with Crippen LogP contribution in [-0.4, -0.2) is 15.0 Å². The summed E-state index contributed by atoms with van der Waals surface area (Å²) in [6.07, 6.45) is 2.65. The molecule has 0 fully saturated rings. The highest BCUT2D eigenvalue weighted by Gasteiger charge is 2.08. The SMILES string of the molecule is CCc1cccnc1-c1nc(C)cc(N)n1. The van der Waals surface area contributed by atoms with Crippen LogP contribution in [0.4, 0.5) is 5.82 Å². The van der Waals surface area contributed by atoms with Crippen molar-refractivity contribution in [3.8, 4) is 11.5 Å². The summed E-state index contributed by atoms with van der Waals surface area (Å²) >= 11 is 0. The van der Waals surface area contributed by atoms with Gasteiger partial charge >= 0.3 is 0 Å². The van der Waals surface area contributed by atoms with Crippen molar-refractivity contribution < 1.29 is 0 Å². The van der Waals surface area contributed by atoms with Gasteiger partial charge in [-0.15, -0.1) is 0 Å². The van der Waals surface area contributed by atoms with Gasteiger partial charge in [0.25, 0.3) is 0 Å². The van der Waals surface area contributed by atoms with Crippen molar-refractivity contribution in [3.05, 3.63) is 35.7 Å². The molecule has 2 aromatic heterocycles. The third-order valence-corrected chi connectivity index (χ3v) is 2.36.